The molecule has 2 aromatic rings. The van der Waals surface area contributed by atoms with Crippen LogP contribution in [0.25, 0.3) is 11.3 Å². The van der Waals surface area contributed by atoms with Gasteiger partial charge in [-0.15, -0.1) is 0 Å². The molecule has 0 aliphatic carbocycles. The summed E-state index contributed by atoms with van der Waals surface area (Å²) in [6.07, 6.45) is 0.816. The molecule has 30 heavy (non-hydrogen) atoms. The van der Waals surface area contributed by atoms with E-state index in [4.69, 9.17) is 4.42 Å². The van der Waals surface area contributed by atoms with E-state index in [9.17, 15) is 14.0 Å². The number of amides is 2. The van der Waals surface area contributed by atoms with Gasteiger partial charge in [0.05, 0.1) is 12.1 Å². The zero-order chi connectivity index (χ0) is 21.7. The molecule has 0 atom stereocenters. The van der Waals surface area contributed by atoms with Crippen molar-refractivity contribution in [2.75, 3.05) is 32.7 Å². The van der Waals surface area contributed by atoms with Crippen molar-refractivity contribution in [2.24, 2.45) is 0 Å². The molecule has 0 radical (unpaired) electrons. The number of aryl methyl sites for hydroxylation is 1. The van der Waals surface area contributed by atoms with Gasteiger partial charge in [0.15, 0.2) is 0 Å². The van der Waals surface area contributed by atoms with Gasteiger partial charge in [0.25, 0.3) is 0 Å². The predicted molar refractivity (Wildman–Crippen MR) is 113 cm³/mol. The highest BCUT2D eigenvalue weighted by Gasteiger charge is 2.23. The van der Waals surface area contributed by atoms with Gasteiger partial charge < -0.3 is 14.6 Å². The van der Waals surface area contributed by atoms with E-state index in [1.807, 2.05) is 25.7 Å². The zero-order valence-electron chi connectivity index (χ0n) is 17.9. The molecule has 0 spiro atoms. The number of nitrogens with zero attached hydrogens (tertiary/aromatic N) is 2. The number of rotatable bonds is 6. The first-order valence-corrected chi connectivity index (χ1v) is 10.4. The van der Waals surface area contributed by atoms with Crippen molar-refractivity contribution in [1.82, 2.24) is 15.1 Å². The summed E-state index contributed by atoms with van der Waals surface area (Å²) in [5.41, 5.74) is 0.175. The summed E-state index contributed by atoms with van der Waals surface area (Å²) < 4.78 is 19.6. The van der Waals surface area contributed by atoms with E-state index in [0.29, 0.717) is 62.6 Å². The molecule has 7 heteroatoms. The van der Waals surface area contributed by atoms with Gasteiger partial charge in [-0.1, -0.05) is 12.1 Å². The summed E-state index contributed by atoms with van der Waals surface area (Å²) in [5, 5.41) is 2.96. The monoisotopic (exact) mass is 415 g/mol. The maximum absolute atomic E-state index is 13.9. The third-order valence-electron chi connectivity index (χ3n) is 4.99. The Morgan fingerprint density at radius 2 is 1.77 bits per heavy atom. The van der Waals surface area contributed by atoms with E-state index in [-0.39, 0.29) is 23.2 Å². The summed E-state index contributed by atoms with van der Waals surface area (Å²) in [7, 11) is 0. The lowest BCUT2D eigenvalue weighted by molar-refractivity contribution is -0.133. The van der Waals surface area contributed by atoms with Crippen molar-refractivity contribution in [3.8, 4) is 11.3 Å². The Kier molecular flexibility index (Phi) is 6.92. The summed E-state index contributed by atoms with van der Waals surface area (Å²) in [4.78, 5) is 28.5. The number of hydrogen-bond donors (Lipinski definition) is 1. The van der Waals surface area contributed by atoms with E-state index in [1.54, 1.807) is 30.3 Å². The normalized spacial score (nSPS) is 15.3. The smallest absolute Gasteiger partial charge is 0.234 e. The van der Waals surface area contributed by atoms with Crippen molar-refractivity contribution in [3.63, 3.8) is 0 Å². The standard InChI is InChI=1S/C23H30FN3O3/c1-23(2,3)25-21(28)16-26-12-14-27(15-13-26)22(29)11-9-17-8-10-20(30-17)18-6-4-5-7-19(18)24/h4-8,10H,9,11-16H2,1-3H3,(H,25,28). The molecule has 0 saturated carbocycles. The second kappa shape index (κ2) is 9.43. The minimum atomic E-state index is -0.330. The molecule has 1 aromatic carbocycles. The molecule has 1 N–H and O–H groups in total. The number of carbonyl (C=O) groups is 2. The summed E-state index contributed by atoms with van der Waals surface area (Å²) >= 11 is 0. The topological polar surface area (TPSA) is 65.8 Å². The van der Waals surface area contributed by atoms with Gasteiger partial charge in [0, 0.05) is 44.6 Å². The van der Waals surface area contributed by atoms with Gasteiger partial charge in [0.1, 0.15) is 17.3 Å². The van der Waals surface area contributed by atoms with Crippen LogP contribution in [0.1, 0.15) is 33.0 Å². The highest BCUT2D eigenvalue weighted by molar-refractivity contribution is 5.79. The molecule has 162 valence electrons. The van der Waals surface area contributed by atoms with Crippen LogP contribution in [0, 0.1) is 5.82 Å². The van der Waals surface area contributed by atoms with Crippen molar-refractivity contribution in [2.45, 2.75) is 39.2 Å². The van der Waals surface area contributed by atoms with Crippen LogP contribution in [-0.2, 0) is 16.0 Å². The van der Waals surface area contributed by atoms with Crippen LogP contribution < -0.4 is 5.32 Å². The second-order valence-electron chi connectivity index (χ2n) is 8.70. The summed E-state index contributed by atoms with van der Waals surface area (Å²) in [6, 6.07) is 9.99. The van der Waals surface area contributed by atoms with Gasteiger partial charge in [-0.3, -0.25) is 14.5 Å². The van der Waals surface area contributed by atoms with Crippen molar-refractivity contribution < 1.29 is 18.4 Å². The van der Waals surface area contributed by atoms with E-state index in [2.05, 4.69) is 10.2 Å². The Bertz CT molecular complexity index is 880. The third kappa shape index (κ3) is 6.16. The molecular weight excluding hydrogens is 385 g/mol. The number of carbonyl (C=O) groups excluding carboxylic acids is 2. The lowest BCUT2D eigenvalue weighted by atomic mass is 10.1. The molecule has 2 heterocycles. The maximum atomic E-state index is 13.9. The van der Waals surface area contributed by atoms with E-state index >= 15 is 0 Å². The molecule has 0 unspecified atom stereocenters. The molecule has 1 aliphatic heterocycles. The molecule has 3 rings (SSSR count). The third-order valence-corrected chi connectivity index (χ3v) is 4.99. The second-order valence-corrected chi connectivity index (χ2v) is 8.70. The molecule has 1 aliphatic rings. The van der Waals surface area contributed by atoms with Crippen LogP contribution >= 0.6 is 0 Å². The van der Waals surface area contributed by atoms with E-state index in [1.165, 1.54) is 6.07 Å². The first kappa shape index (κ1) is 22.0. The van der Waals surface area contributed by atoms with Gasteiger partial charge in [-0.05, 0) is 45.0 Å². The maximum Gasteiger partial charge on any atom is 0.234 e. The van der Waals surface area contributed by atoms with Gasteiger partial charge in [-0.2, -0.15) is 0 Å². The van der Waals surface area contributed by atoms with Crippen LogP contribution in [0.15, 0.2) is 40.8 Å². The van der Waals surface area contributed by atoms with E-state index < -0.39 is 0 Å². The van der Waals surface area contributed by atoms with E-state index in [0.717, 1.165) is 0 Å². The molecule has 1 saturated heterocycles. The van der Waals surface area contributed by atoms with Crippen LogP contribution in [0.3, 0.4) is 0 Å². The first-order valence-electron chi connectivity index (χ1n) is 10.4. The van der Waals surface area contributed by atoms with Gasteiger partial charge in [-0.25, -0.2) is 4.39 Å². The number of nitrogens with one attached hydrogen (secondary N) is 1. The minimum Gasteiger partial charge on any atom is -0.461 e. The summed E-state index contributed by atoms with van der Waals surface area (Å²) in [6.45, 7) is 8.81. The Morgan fingerprint density at radius 1 is 1.07 bits per heavy atom. The lowest BCUT2D eigenvalue weighted by Gasteiger charge is -2.35. The van der Waals surface area contributed by atoms with Crippen molar-refractivity contribution in [3.05, 3.63) is 48.0 Å². The predicted octanol–water partition coefficient (Wildman–Crippen LogP) is 3.08. The average molecular weight is 416 g/mol. The Balaban J connectivity index is 1.43. The highest BCUT2D eigenvalue weighted by atomic mass is 19.1. The fourth-order valence-corrected chi connectivity index (χ4v) is 3.52. The molecule has 1 fully saturated rings. The Labute approximate surface area is 177 Å². The average Bonchev–Trinajstić information content (AvgIpc) is 3.14. The fraction of sp³-hybridized carbons (Fsp3) is 0.478. The fourth-order valence-electron chi connectivity index (χ4n) is 3.52. The number of furan rings is 1. The number of benzene rings is 1. The highest BCUT2D eigenvalue weighted by Crippen LogP contribution is 2.25. The zero-order valence-corrected chi connectivity index (χ0v) is 17.9. The molecule has 6 nitrogen and oxygen atoms in total. The molecule has 2 amide bonds. The van der Waals surface area contributed by atoms with Gasteiger partial charge >= 0.3 is 0 Å². The molecular formula is C23H30FN3O3. The number of halogens is 1. The quantitative estimate of drug-likeness (QED) is 0.788. The molecule has 0 bridgehead atoms. The van der Waals surface area contributed by atoms with Crippen LogP contribution in [-0.4, -0.2) is 59.9 Å². The van der Waals surface area contributed by atoms with Gasteiger partial charge in [0.2, 0.25) is 11.8 Å². The largest absolute Gasteiger partial charge is 0.461 e. The SMILES string of the molecule is CC(C)(C)NC(=O)CN1CCN(C(=O)CCc2ccc(-c3ccccc3F)o2)CC1. The van der Waals surface area contributed by atoms with Crippen LogP contribution in [0.5, 0.6) is 0 Å². The summed E-state index contributed by atoms with van der Waals surface area (Å²) in [5.74, 6) is 0.878. The Hall–Kier alpha value is -2.67. The number of hydrogen-bond acceptors (Lipinski definition) is 4. The molecule has 1 aromatic heterocycles. The van der Waals surface area contributed by atoms with Crippen molar-refractivity contribution in [1.29, 1.82) is 0 Å². The first-order chi connectivity index (χ1) is 14.2. The van der Waals surface area contributed by atoms with Crippen LogP contribution in [0.4, 0.5) is 4.39 Å². The van der Waals surface area contributed by atoms with Crippen molar-refractivity contribution >= 4 is 11.8 Å². The minimum absolute atomic E-state index is 0.00533. The Morgan fingerprint density at radius 3 is 2.43 bits per heavy atom. The lowest BCUT2D eigenvalue weighted by Crippen LogP contribution is -2.52. The number of piperazine rings is 1. The van der Waals surface area contributed by atoms with Crippen LogP contribution in [0.2, 0.25) is 0 Å².